The van der Waals surface area contributed by atoms with Crippen LogP contribution < -0.4 is 16.0 Å². The molecule has 0 bridgehead atoms. The van der Waals surface area contributed by atoms with E-state index in [1.54, 1.807) is 25.2 Å². The molecule has 164 valence electrons. The molecular formula is C21H24ClN5O4. The van der Waals surface area contributed by atoms with Crippen molar-refractivity contribution in [2.45, 2.75) is 19.4 Å². The molecule has 0 saturated carbocycles. The second-order valence-corrected chi connectivity index (χ2v) is 6.86. The lowest BCUT2D eigenvalue weighted by molar-refractivity contribution is -0.117. The van der Waals surface area contributed by atoms with Crippen LogP contribution in [0.25, 0.3) is 11.0 Å². The van der Waals surface area contributed by atoms with Gasteiger partial charge in [-0.15, -0.1) is 12.4 Å². The molecule has 4 N–H and O–H groups in total. The number of imidazole rings is 1. The van der Waals surface area contributed by atoms with Crippen molar-refractivity contribution in [3.05, 3.63) is 53.9 Å². The summed E-state index contributed by atoms with van der Waals surface area (Å²) >= 11 is 0. The molecule has 31 heavy (non-hydrogen) atoms. The zero-order chi connectivity index (χ0) is 21.8. The van der Waals surface area contributed by atoms with Crippen molar-refractivity contribution in [1.82, 2.24) is 9.97 Å². The van der Waals surface area contributed by atoms with E-state index >= 15 is 0 Å². The molecule has 10 heteroatoms. The average molecular weight is 446 g/mol. The van der Waals surface area contributed by atoms with E-state index in [0.29, 0.717) is 23.1 Å². The Morgan fingerprint density at radius 2 is 1.97 bits per heavy atom. The molecule has 1 heterocycles. The van der Waals surface area contributed by atoms with Crippen molar-refractivity contribution >= 4 is 52.6 Å². The second-order valence-electron chi connectivity index (χ2n) is 6.86. The fraction of sp³-hybridized carbons (Fsp3) is 0.238. The molecule has 9 nitrogen and oxygen atoms in total. The predicted molar refractivity (Wildman–Crippen MR) is 121 cm³/mol. The maximum Gasteiger partial charge on any atom is 0.374 e. The number of nitrogens with two attached hydrogens (primary N) is 1. The summed E-state index contributed by atoms with van der Waals surface area (Å²) in [7, 11) is 2.96. The highest BCUT2D eigenvalue weighted by Crippen LogP contribution is 2.19. The highest BCUT2D eigenvalue weighted by Gasteiger charge is 2.17. The quantitative estimate of drug-likeness (QED) is 0.499. The zero-order valence-corrected chi connectivity index (χ0v) is 18.2. The van der Waals surface area contributed by atoms with Gasteiger partial charge in [-0.1, -0.05) is 12.1 Å². The highest BCUT2D eigenvalue weighted by atomic mass is 35.5. The van der Waals surface area contributed by atoms with E-state index in [2.05, 4.69) is 20.0 Å². The first-order chi connectivity index (χ1) is 14.3. The number of carbonyl (C=O) groups is 3. The number of nitrogens with one attached hydrogen (secondary N) is 2. The number of amides is 2. The molecule has 0 fully saturated rings. The van der Waals surface area contributed by atoms with Gasteiger partial charge in [0.15, 0.2) is 0 Å². The summed E-state index contributed by atoms with van der Waals surface area (Å²) in [6.07, 6.45) is 0.310. The van der Waals surface area contributed by atoms with Gasteiger partial charge in [0.2, 0.25) is 17.6 Å². The summed E-state index contributed by atoms with van der Waals surface area (Å²) in [5.74, 6) is -0.925. The number of anilines is 2. The van der Waals surface area contributed by atoms with Crippen molar-refractivity contribution in [1.29, 1.82) is 0 Å². The largest absolute Gasteiger partial charge is 0.463 e. The maximum absolute atomic E-state index is 12.5. The fourth-order valence-electron chi connectivity index (χ4n) is 2.94. The minimum absolute atomic E-state index is 0. The SMILES string of the molecule is COC(=O)c1nc2ccc(NC(=O)C(N)Cc3cccc(N(C)C(C)=O)c3)cc2[nH]1.Cl. The van der Waals surface area contributed by atoms with E-state index < -0.39 is 12.0 Å². The number of carbonyl (C=O) groups excluding carboxylic acids is 3. The Bertz CT molecular complexity index is 1110. The number of hydrogen-bond donors (Lipinski definition) is 3. The topological polar surface area (TPSA) is 130 Å². The Morgan fingerprint density at radius 1 is 1.23 bits per heavy atom. The number of rotatable bonds is 6. The number of halogens is 1. The van der Waals surface area contributed by atoms with Gasteiger partial charge in [0.1, 0.15) is 0 Å². The fourth-order valence-corrected chi connectivity index (χ4v) is 2.94. The number of ether oxygens (including phenoxy) is 1. The van der Waals surface area contributed by atoms with E-state index in [1.165, 1.54) is 18.9 Å². The molecule has 1 unspecified atom stereocenters. The Balaban J connectivity index is 0.00000341. The van der Waals surface area contributed by atoms with Crippen LogP contribution >= 0.6 is 12.4 Å². The Labute approximate surface area is 185 Å². The standard InChI is InChI=1S/C21H23N5O4.ClH/c1-12(27)26(2)15-6-4-5-13(9-15)10-16(22)20(28)23-14-7-8-17-18(11-14)25-19(24-17)21(29)30-3;/h4-9,11,16H,10,22H2,1-3H3,(H,23,28)(H,24,25);1H. The first-order valence-corrected chi connectivity index (χ1v) is 9.26. The maximum atomic E-state index is 12.5. The molecule has 2 aromatic carbocycles. The average Bonchev–Trinajstić information content (AvgIpc) is 3.16. The minimum atomic E-state index is -0.786. The van der Waals surface area contributed by atoms with Crippen LogP contribution in [-0.4, -0.2) is 48.0 Å². The molecule has 1 aromatic heterocycles. The number of hydrogen-bond acceptors (Lipinski definition) is 6. The Morgan fingerprint density at radius 3 is 2.65 bits per heavy atom. The summed E-state index contributed by atoms with van der Waals surface area (Å²) in [5, 5.41) is 2.77. The van der Waals surface area contributed by atoms with E-state index in [1.807, 2.05) is 24.3 Å². The number of aromatic nitrogens is 2. The third-order valence-electron chi connectivity index (χ3n) is 4.69. The molecule has 0 aliphatic heterocycles. The van der Waals surface area contributed by atoms with Crippen molar-refractivity contribution < 1.29 is 19.1 Å². The van der Waals surface area contributed by atoms with Gasteiger partial charge >= 0.3 is 5.97 Å². The number of benzene rings is 2. The van der Waals surface area contributed by atoms with Gasteiger partial charge in [-0.25, -0.2) is 9.78 Å². The van der Waals surface area contributed by atoms with Gasteiger partial charge in [-0.05, 0) is 42.3 Å². The molecule has 2 amide bonds. The van der Waals surface area contributed by atoms with Crippen LogP contribution in [0.5, 0.6) is 0 Å². The van der Waals surface area contributed by atoms with Gasteiger partial charge in [0.05, 0.1) is 24.2 Å². The zero-order valence-electron chi connectivity index (χ0n) is 17.3. The highest BCUT2D eigenvalue weighted by molar-refractivity contribution is 5.97. The van der Waals surface area contributed by atoms with Crippen molar-refractivity contribution in [3.8, 4) is 0 Å². The molecule has 0 saturated heterocycles. The lowest BCUT2D eigenvalue weighted by atomic mass is 10.0. The molecular weight excluding hydrogens is 422 g/mol. The molecule has 0 aliphatic carbocycles. The lowest BCUT2D eigenvalue weighted by Crippen LogP contribution is -2.37. The summed E-state index contributed by atoms with van der Waals surface area (Å²) in [4.78, 5) is 44.2. The van der Waals surface area contributed by atoms with E-state index in [0.717, 1.165) is 11.3 Å². The monoisotopic (exact) mass is 445 g/mol. The van der Waals surface area contributed by atoms with Crippen LogP contribution in [0.2, 0.25) is 0 Å². The van der Waals surface area contributed by atoms with Gasteiger partial charge in [-0.2, -0.15) is 0 Å². The van der Waals surface area contributed by atoms with Gasteiger partial charge < -0.3 is 25.7 Å². The Hall–Kier alpha value is -3.43. The molecule has 0 aliphatic rings. The normalized spacial score (nSPS) is 11.4. The third-order valence-corrected chi connectivity index (χ3v) is 4.69. The van der Waals surface area contributed by atoms with Crippen molar-refractivity contribution in [3.63, 3.8) is 0 Å². The number of aromatic amines is 1. The van der Waals surface area contributed by atoms with Crippen LogP contribution in [0.3, 0.4) is 0 Å². The van der Waals surface area contributed by atoms with Gasteiger partial charge in [0, 0.05) is 25.3 Å². The summed E-state index contributed by atoms with van der Waals surface area (Å²) < 4.78 is 4.64. The molecule has 0 radical (unpaired) electrons. The third kappa shape index (κ3) is 5.59. The number of nitrogens with zero attached hydrogens (tertiary/aromatic N) is 2. The van der Waals surface area contributed by atoms with Gasteiger partial charge in [0.25, 0.3) is 0 Å². The van der Waals surface area contributed by atoms with Crippen LogP contribution in [0.1, 0.15) is 23.1 Å². The molecule has 0 spiro atoms. The first kappa shape index (κ1) is 23.8. The lowest BCUT2D eigenvalue weighted by Gasteiger charge is -2.17. The number of H-pyrrole nitrogens is 1. The Kier molecular flexibility index (Phi) is 7.73. The number of methoxy groups -OCH3 is 1. The van der Waals surface area contributed by atoms with Crippen LogP contribution in [0.15, 0.2) is 42.5 Å². The number of fused-ring (bicyclic) bond motifs is 1. The summed E-state index contributed by atoms with van der Waals surface area (Å²) in [5.41, 5.74) is 9.34. The molecule has 1 atom stereocenters. The minimum Gasteiger partial charge on any atom is -0.463 e. The van der Waals surface area contributed by atoms with Crippen LogP contribution in [-0.2, 0) is 20.7 Å². The predicted octanol–water partition coefficient (Wildman–Crippen LogP) is 2.26. The van der Waals surface area contributed by atoms with Crippen LogP contribution in [0.4, 0.5) is 11.4 Å². The van der Waals surface area contributed by atoms with E-state index in [4.69, 9.17) is 5.73 Å². The summed E-state index contributed by atoms with van der Waals surface area (Å²) in [6.45, 7) is 1.48. The first-order valence-electron chi connectivity index (χ1n) is 9.26. The second kappa shape index (κ2) is 10.1. The molecule has 3 rings (SSSR count). The van der Waals surface area contributed by atoms with Crippen molar-refractivity contribution in [2.24, 2.45) is 5.73 Å². The van der Waals surface area contributed by atoms with Crippen LogP contribution in [0, 0.1) is 0 Å². The molecule has 3 aromatic rings. The smallest absolute Gasteiger partial charge is 0.374 e. The summed E-state index contributed by atoms with van der Waals surface area (Å²) in [6, 6.07) is 11.6. The van der Waals surface area contributed by atoms with Gasteiger partial charge in [-0.3, -0.25) is 9.59 Å². The van der Waals surface area contributed by atoms with E-state index in [9.17, 15) is 14.4 Å². The van der Waals surface area contributed by atoms with Crippen molar-refractivity contribution in [2.75, 3.05) is 24.4 Å². The van der Waals surface area contributed by atoms with E-state index in [-0.39, 0.29) is 30.0 Å². The number of esters is 1.